The molecule has 0 aliphatic heterocycles. The van der Waals surface area contributed by atoms with Crippen LogP contribution in [0.15, 0.2) is 41.0 Å². The number of aromatic nitrogens is 2. The normalized spacial score (nSPS) is 10.9. The highest BCUT2D eigenvalue weighted by molar-refractivity contribution is 9.10. The quantitative estimate of drug-likeness (QED) is 0.666. The monoisotopic (exact) mass is 336 g/mol. The number of carbonyl (C=O) groups excluding carboxylic acids is 1. The molecule has 20 heavy (non-hydrogen) atoms. The lowest BCUT2D eigenvalue weighted by Gasteiger charge is -2.03. The molecule has 6 heteroatoms. The molecule has 1 aromatic carbocycles. The van der Waals surface area contributed by atoms with E-state index >= 15 is 0 Å². The van der Waals surface area contributed by atoms with Crippen molar-refractivity contribution in [2.24, 2.45) is 0 Å². The van der Waals surface area contributed by atoms with Gasteiger partial charge in [0.05, 0.1) is 5.52 Å². The minimum absolute atomic E-state index is 0.234. The number of hydrogen-bond acceptors (Lipinski definition) is 2. The van der Waals surface area contributed by atoms with Gasteiger partial charge in [-0.1, -0.05) is 0 Å². The highest BCUT2D eigenvalue weighted by Gasteiger charge is 2.15. The fourth-order valence-electron chi connectivity index (χ4n) is 2.05. The van der Waals surface area contributed by atoms with Crippen LogP contribution in [0.3, 0.4) is 0 Å². The molecular weight excluding hydrogens is 330 g/mol. The van der Waals surface area contributed by atoms with Gasteiger partial charge in [-0.15, -0.1) is 0 Å². The molecular formula is C14H7BrF2N2O. The second-order valence-electron chi connectivity index (χ2n) is 4.14. The van der Waals surface area contributed by atoms with E-state index in [4.69, 9.17) is 0 Å². The van der Waals surface area contributed by atoms with Crippen LogP contribution in [0.1, 0.15) is 10.5 Å². The molecule has 0 saturated carbocycles. The Morgan fingerprint density at radius 2 is 2.00 bits per heavy atom. The maximum atomic E-state index is 13.3. The molecule has 0 amide bonds. The van der Waals surface area contributed by atoms with Crippen molar-refractivity contribution < 1.29 is 13.6 Å². The van der Waals surface area contributed by atoms with E-state index in [0.29, 0.717) is 27.7 Å². The van der Waals surface area contributed by atoms with Gasteiger partial charge in [-0.25, -0.2) is 13.8 Å². The molecule has 0 spiro atoms. The second kappa shape index (κ2) is 4.79. The SMILES string of the molecule is O=Cc1nc(-c2ccc(F)c(F)c2)n2cccc(Br)c12. The number of imidazole rings is 1. The van der Waals surface area contributed by atoms with Crippen LogP contribution in [-0.2, 0) is 0 Å². The van der Waals surface area contributed by atoms with Gasteiger partial charge in [-0.3, -0.25) is 9.20 Å². The van der Waals surface area contributed by atoms with E-state index in [0.717, 1.165) is 12.1 Å². The minimum Gasteiger partial charge on any atom is -0.298 e. The number of rotatable bonds is 2. The fourth-order valence-corrected chi connectivity index (χ4v) is 2.59. The molecule has 0 N–H and O–H groups in total. The van der Waals surface area contributed by atoms with E-state index in [-0.39, 0.29) is 5.69 Å². The predicted molar refractivity (Wildman–Crippen MR) is 73.6 cm³/mol. The molecule has 0 radical (unpaired) electrons. The van der Waals surface area contributed by atoms with Gasteiger partial charge < -0.3 is 0 Å². The first-order valence-corrected chi connectivity index (χ1v) is 6.48. The van der Waals surface area contributed by atoms with Crippen molar-refractivity contribution in [2.75, 3.05) is 0 Å². The van der Waals surface area contributed by atoms with Gasteiger partial charge in [-0.05, 0) is 46.3 Å². The molecule has 2 aromatic heterocycles. The summed E-state index contributed by atoms with van der Waals surface area (Å²) >= 11 is 3.35. The van der Waals surface area contributed by atoms with Gasteiger partial charge in [-0.2, -0.15) is 0 Å². The van der Waals surface area contributed by atoms with Gasteiger partial charge >= 0.3 is 0 Å². The minimum atomic E-state index is -0.957. The maximum absolute atomic E-state index is 13.3. The Bertz CT molecular complexity index is 829. The number of fused-ring (bicyclic) bond motifs is 1. The Hall–Kier alpha value is -2.08. The van der Waals surface area contributed by atoms with Gasteiger partial charge in [0.15, 0.2) is 17.9 Å². The highest BCUT2D eigenvalue weighted by atomic mass is 79.9. The summed E-state index contributed by atoms with van der Waals surface area (Å²) in [6, 6.07) is 7.04. The molecule has 3 aromatic rings. The zero-order valence-corrected chi connectivity index (χ0v) is 11.6. The van der Waals surface area contributed by atoms with E-state index in [1.54, 1.807) is 22.7 Å². The lowest BCUT2D eigenvalue weighted by atomic mass is 10.2. The number of benzene rings is 1. The van der Waals surface area contributed by atoms with Crippen molar-refractivity contribution in [1.29, 1.82) is 0 Å². The summed E-state index contributed by atoms with van der Waals surface area (Å²) in [7, 11) is 0. The van der Waals surface area contributed by atoms with E-state index < -0.39 is 11.6 Å². The zero-order valence-electron chi connectivity index (χ0n) is 9.98. The average Bonchev–Trinajstić information content (AvgIpc) is 2.82. The first-order valence-electron chi connectivity index (χ1n) is 5.69. The molecule has 0 unspecified atom stereocenters. The number of nitrogens with zero attached hydrogens (tertiary/aromatic N) is 2. The molecule has 3 rings (SSSR count). The van der Waals surface area contributed by atoms with Crippen LogP contribution < -0.4 is 0 Å². The molecule has 0 bridgehead atoms. The fraction of sp³-hybridized carbons (Fsp3) is 0. The average molecular weight is 337 g/mol. The molecule has 2 heterocycles. The number of aldehydes is 1. The molecule has 0 aliphatic rings. The third-order valence-electron chi connectivity index (χ3n) is 2.93. The smallest absolute Gasteiger partial charge is 0.170 e. The van der Waals surface area contributed by atoms with Crippen LogP contribution >= 0.6 is 15.9 Å². The first kappa shape index (κ1) is 12.9. The molecule has 3 nitrogen and oxygen atoms in total. The second-order valence-corrected chi connectivity index (χ2v) is 5.00. The third kappa shape index (κ3) is 1.92. The van der Waals surface area contributed by atoms with Gasteiger partial charge in [0.2, 0.25) is 0 Å². The van der Waals surface area contributed by atoms with E-state index in [1.807, 2.05) is 0 Å². The maximum Gasteiger partial charge on any atom is 0.170 e. The largest absolute Gasteiger partial charge is 0.298 e. The zero-order chi connectivity index (χ0) is 14.3. The summed E-state index contributed by atoms with van der Waals surface area (Å²) in [5.41, 5.74) is 1.21. The van der Waals surface area contributed by atoms with Gasteiger partial charge in [0.1, 0.15) is 11.5 Å². The highest BCUT2D eigenvalue weighted by Crippen LogP contribution is 2.27. The number of carbonyl (C=O) groups is 1. The van der Waals surface area contributed by atoms with Crippen molar-refractivity contribution in [2.45, 2.75) is 0 Å². The molecule has 0 atom stereocenters. The summed E-state index contributed by atoms with van der Waals surface area (Å²) in [6.07, 6.45) is 2.33. The standard InChI is InChI=1S/C14H7BrF2N2O/c15-9-2-1-5-19-13(9)12(7-20)18-14(19)8-3-4-10(16)11(17)6-8/h1-7H. The molecule has 100 valence electrons. The van der Waals surface area contributed by atoms with Crippen molar-refractivity contribution in [1.82, 2.24) is 9.38 Å². The van der Waals surface area contributed by atoms with Crippen molar-refractivity contribution in [3.63, 3.8) is 0 Å². The Balaban J connectivity index is 2.34. The Labute approximate surface area is 121 Å². The Morgan fingerprint density at radius 3 is 2.70 bits per heavy atom. The molecule has 0 saturated heterocycles. The lowest BCUT2D eigenvalue weighted by Crippen LogP contribution is -1.91. The lowest BCUT2D eigenvalue weighted by molar-refractivity contribution is 0.112. The number of hydrogen-bond donors (Lipinski definition) is 0. The van der Waals surface area contributed by atoms with E-state index in [2.05, 4.69) is 20.9 Å². The van der Waals surface area contributed by atoms with Crippen LogP contribution in [0.2, 0.25) is 0 Å². The van der Waals surface area contributed by atoms with E-state index in [9.17, 15) is 13.6 Å². The predicted octanol–water partition coefficient (Wildman–Crippen LogP) is 3.85. The van der Waals surface area contributed by atoms with Crippen LogP contribution in [-0.4, -0.2) is 15.7 Å². The van der Waals surface area contributed by atoms with Crippen molar-refractivity contribution in [3.05, 3.63) is 58.3 Å². The van der Waals surface area contributed by atoms with E-state index in [1.165, 1.54) is 6.07 Å². The first-order chi connectivity index (χ1) is 9.61. The summed E-state index contributed by atoms with van der Waals surface area (Å²) < 4.78 is 28.7. The topological polar surface area (TPSA) is 34.4 Å². The van der Waals surface area contributed by atoms with Crippen LogP contribution in [0, 0.1) is 11.6 Å². The molecule has 0 fully saturated rings. The number of pyridine rings is 1. The molecule has 0 aliphatic carbocycles. The Kier molecular flexibility index (Phi) is 3.10. The van der Waals surface area contributed by atoms with Crippen LogP contribution in [0.5, 0.6) is 0 Å². The summed E-state index contributed by atoms with van der Waals surface area (Å²) in [6.45, 7) is 0. The summed E-state index contributed by atoms with van der Waals surface area (Å²) in [5, 5.41) is 0. The van der Waals surface area contributed by atoms with Crippen LogP contribution in [0.4, 0.5) is 8.78 Å². The summed E-state index contributed by atoms with van der Waals surface area (Å²) in [5.74, 6) is -1.50. The van der Waals surface area contributed by atoms with Crippen molar-refractivity contribution >= 4 is 27.7 Å². The summed E-state index contributed by atoms with van der Waals surface area (Å²) in [4.78, 5) is 15.3. The number of halogens is 3. The van der Waals surface area contributed by atoms with Gasteiger partial charge in [0.25, 0.3) is 0 Å². The van der Waals surface area contributed by atoms with Gasteiger partial charge in [0, 0.05) is 16.2 Å². The van der Waals surface area contributed by atoms with Crippen LogP contribution in [0.25, 0.3) is 16.9 Å². The third-order valence-corrected chi connectivity index (χ3v) is 3.57. The Morgan fingerprint density at radius 1 is 1.20 bits per heavy atom. The van der Waals surface area contributed by atoms with Crippen molar-refractivity contribution in [3.8, 4) is 11.4 Å².